The highest BCUT2D eigenvalue weighted by atomic mass is 15.4. The molecule has 0 aromatic carbocycles. The molecule has 1 aliphatic rings. The normalized spacial score (nSPS) is 14.6. The first-order valence-electron chi connectivity index (χ1n) is 8.91. The van der Waals surface area contributed by atoms with Crippen LogP contribution in [0.4, 0.5) is 5.82 Å². The van der Waals surface area contributed by atoms with Gasteiger partial charge in [0.25, 0.3) is 0 Å². The maximum Gasteiger partial charge on any atom is 0.132 e. The van der Waals surface area contributed by atoms with Crippen molar-refractivity contribution >= 4 is 5.82 Å². The molecule has 0 atom stereocenters. The quantitative estimate of drug-likeness (QED) is 0.714. The van der Waals surface area contributed by atoms with Gasteiger partial charge in [-0.1, -0.05) is 11.3 Å². The van der Waals surface area contributed by atoms with Crippen LogP contribution < -0.4 is 5.32 Å². The Morgan fingerprint density at radius 1 is 1.04 bits per heavy atom. The van der Waals surface area contributed by atoms with E-state index in [1.807, 2.05) is 24.5 Å². The van der Waals surface area contributed by atoms with Crippen LogP contribution in [0.15, 0.2) is 43.1 Å². The van der Waals surface area contributed by atoms with Crippen LogP contribution in [-0.4, -0.2) is 54.5 Å². The van der Waals surface area contributed by atoms with Crippen LogP contribution >= 0.6 is 0 Å². The molecule has 1 aliphatic heterocycles. The summed E-state index contributed by atoms with van der Waals surface area (Å²) in [4.78, 5) is 15.9. The lowest BCUT2D eigenvalue weighted by Crippen LogP contribution is -2.26. The Kier molecular flexibility index (Phi) is 5.11. The van der Waals surface area contributed by atoms with Gasteiger partial charge in [0, 0.05) is 50.6 Å². The van der Waals surface area contributed by atoms with Gasteiger partial charge in [0.05, 0.1) is 24.1 Å². The van der Waals surface area contributed by atoms with Crippen molar-refractivity contribution in [2.24, 2.45) is 0 Å². The van der Waals surface area contributed by atoms with Gasteiger partial charge in [-0.2, -0.15) is 0 Å². The van der Waals surface area contributed by atoms with Gasteiger partial charge < -0.3 is 5.32 Å². The molecule has 0 aliphatic carbocycles. The molecule has 0 fully saturated rings. The molecule has 134 valence electrons. The summed E-state index contributed by atoms with van der Waals surface area (Å²) in [6.45, 7) is 4.35. The van der Waals surface area contributed by atoms with E-state index in [4.69, 9.17) is 0 Å². The second-order valence-corrected chi connectivity index (χ2v) is 6.34. The molecular weight excluding hydrogens is 328 g/mol. The minimum Gasteiger partial charge on any atom is -0.368 e. The first-order valence-corrected chi connectivity index (χ1v) is 8.91. The predicted molar refractivity (Wildman–Crippen MR) is 97.5 cm³/mol. The molecule has 0 saturated carbocycles. The molecule has 8 heteroatoms. The highest BCUT2D eigenvalue weighted by Gasteiger charge is 2.18. The summed E-state index contributed by atoms with van der Waals surface area (Å²) < 4.78 is 1.81. The fraction of sp³-hybridized carbons (Fsp3) is 0.389. The standard InChI is InChI=1S/C18H22N8/c1-2-6-19-15(3-1)13-25-9-4-16-17(5-10-25)21-14-22-18(16)20-7-11-26-12-8-23-24-26/h1-3,6,8,12,14H,4-5,7,9-11,13H2,(H,20,21,22). The molecule has 3 aromatic heterocycles. The van der Waals surface area contributed by atoms with E-state index in [1.54, 1.807) is 17.2 Å². The number of hydrogen-bond donors (Lipinski definition) is 1. The Labute approximate surface area is 152 Å². The predicted octanol–water partition coefficient (Wildman–Crippen LogP) is 1.18. The fourth-order valence-electron chi connectivity index (χ4n) is 3.24. The highest BCUT2D eigenvalue weighted by Crippen LogP contribution is 2.21. The van der Waals surface area contributed by atoms with E-state index in [1.165, 1.54) is 5.56 Å². The molecule has 1 N–H and O–H groups in total. The molecule has 4 rings (SSSR count). The lowest BCUT2D eigenvalue weighted by molar-refractivity contribution is 0.275. The summed E-state index contributed by atoms with van der Waals surface area (Å²) in [6, 6.07) is 6.07. The van der Waals surface area contributed by atoms with Gasteiger partial charge in [0.1, 0.15) is 12.1 Å². The lowest BCUT2D eigenvalue weighted by Gasteiger charge is -2.18. The number of fused-ring (bicyclic) bond motifs is 1. The third-order valence-electron chi connectivity index (χ3n) is 4.59. The zero-order valence-corrected chi connectivity index (χ0v) is 14.6. The minimum absolute atomic E-state index is 0.754. The van der Waals surface area contributed by atoms with Crippen LogP contribution in [0.2, 0.25) is 0 Å². The summed E-state index contributed by atoms with van der Waals surface area (Å²) >= 11 is 0. The SMILES string of the molecule is c1ccc(CN2CCc3ncnc(NCCn4ccnn4)c3CC2)nc1. The van der Waals surface area contributed by atoms with Crippen LogP contribution in [0.1, 0.15) is 17.0 Å². The van der Waals surface area contributed by atoms with Crippen molar-refractivity contribution in [2.75, 3.05) is 25.0 Å². The van der Waals surface area contributed by atoms with Gasteiger partial charge in [-0.3, -0.25) is 14.6 Å². The number of hydrogen-bond acceptors (Lipinski definition) is 7. The molecule has 0 saturated heterocycles. The molecule has 26 heavy (non-hydrogen) atoms. The Bertz CT molecular complexity index is 818. The summed E-state index contributed by atoms with van der Waals surface area (Å²) in [6.07, 6.45) is 8.93. The van der Waals surface area contributed by atoms with Crippen molar-refractivity contribution in [1.82, 2.24) is 34.8 Å². The van der Waals surface area contributed by atoms with Crippen LogP contribution in [0.5, 0.6) is 0 Å². The van der Waals surface area contributed by atoms with Crippen LogP contribution in [-0.2, 0) is 25.9 Å². The average molecular weight is 350 g/mol. The van der Waals surface area contributed by atoms with Crippen LogP contribution in [0.3, 0.4) is 0 Å². The monoisotopic (exact) mass is 350 g/mol. The zero-order chi connectivity index (χ0) is 17.6. The summed E-state index contributed by atoms with van der Waals surface area (Å²) in [7, 11) is 0. The number of aromatic nitrogens is 6. The lowest BCUT2D eigenvalue weighted by atomic mass is 10.1. The smallest absolute Gasteiger partial charge is 0.132 e. The molecule has 0 amide bonds. The minimum atomic E-state index is 0.754. The van der Waals surface area contributed by atoms with Gasteiger partial charge in [0.2, 0.25) is 0 Å². The van der Waals surface area contributed by atoms with Gasteiger partial charge >= 0.3 is 0 Å². The van der Waals surface area contributed by atoms with E-state index in [9.17, 15) is 0 Å². The molecule has 0 radical (unpaired) electrons. The van der Waals surface area contributed by atoms with Gasteiger partial charge in [-0.15, -0.1) is 5.10 Å². The van der Waals surface area contributed by atoms with E-state index >= 15 is 0 Å². The van der Waals surface area contributed by atoms with E-state index in [0.29, 0.717) is 0 Å². The van der Waals surface area contributed by atoms with Crippen molar-refractivity contribution in [3.05, 3.63) is 60.1 Å². The molecule has 0 spiro atoms. The number of anilines is 1. The third-order valence-corrected chi connectivity index (χ3v) is 4.59. The highest BCUT2D eigenvalue weighted by molar-refractivity contribution is 5.46. The molecule has 0 bridgehead atoms. The second kappa shape index (κ2) is 8.01. The Morgan fingerprint density at radius 3 is 2.85 bits per heavy atom. The summed E-state index contributed by atoms with van der Waals surface area (Å²) in [5.41, 5.74) is 3.48. The Morgan fingerprint density at radius 2 is 2.00 bits per heavy atom. The van der Waals surface area contributed by atoms with Crippen molar-refractivity contribution < 1.29 is 0 Å². The van der Waals surface area contributed by atoms with E-state index < -0.39 is 0 Å². The van der Waals surface area contributed by atoms with Gasteiger partial charge in [-0.05, 0) is 18.6 Å². The van der Waals surface area contributed by atoms with E-state index in [0.717, 1.165) is 62.8 Å². The molecule has 4 heterocycles. The van der Waals surface area contributed by atoms with E-state index in [-0.39, 0.29) is 0 Å². The van der Waals surface area contributed by atoms with Gasteiger partial charge in [-0.25, -0.2) is 9.97 Å². The second-order valence-electron chi connectivity index (χ2n) is 6.34. The number of rotatable bonds is 6. The van der Waals surface area contributed by atoms with Gasteiger partial charge in [0.15, 0.2) is 0 Å². The van der Waals surface area contributed by atoms with E-state index in [2.05, 4.69) is 41.5 Å². The number of nitrogens with one attached hydrogen (secondary N) is 1. The zero-order valence-electron chi connectivity index (χ0n) is 14.6. The van der Waals surface area contributed by atoms with Crippen LogP contribution in [0.25, 0.3) is 0 Å². The van der Waals surface area contributed by atoms with Crippen molar-refractivity contribution in [3.63, 3.8) is 0 Å². The Balaban J connectivity index is 1.39. The molecule has 3 aromatic rings. The summed E-state index contributed by atoms with van der Waals surface area (Å²) in [5.74, 6) is 0.940. The maximum atomic E-state index is 4.52. The molecule has 0 unspecified atom stereocenters. The Hall–Kier alpha value is -2.87. The largest absolute Gasteiger partial charge is 0.368 e. The molecular formula is C18H22N8. The fourth-order valence-corrected chi connectivity index (χ4v) is 3.24. The average Bonchev–Trinajstić information content (AvgIpc) is 3.10. The topological polar surface area (TPSA) is 84.7 Å². The van der Waals surface area contributed by atoms with Crippen molar-refractivity contribution in [3.8, 4) is 0 Å². The first kappa shape index (κ1) is 16.6. The summed E-state index contributed by atoms with van der Waals surface area (Å²) in [5, 5.41) is 11.2. The first-order chi connectivity index (χ1) is 12.9. The van der Waals surface area contributed by atoms with Crippen LogP contribution in [0, 0.1) is 0 Å². The number of nitrogens with zero attached hydrogens (tertiary/aromatic N) is 7. The maximum absolute atomic E-state index is 4.52. The molecule has 8 nitrogen and oxygen atoms in total. The van der Waals surface area contributed by atoms with Crippen molar-refractivity contribution in [2.45, 2.75) is 25.9 Å². The van der Waals surface area contributed by atoms with Crippen molar-refractivity contribution in [1.29, 1.82) is 0 Å². The third kappa shape index (κ3) is 4.02. The number of pyridine rings is 1.